The minimum atomic E-state index is 0.344. The van der Waals surface area contributed by atoms with Crippen molar-refractivity contribution in [2.45, 2.75) is 31.8 Å². The second kappa shape index (κ2) is 5.37. The lowest BCUT2D eigenvalue weighted by Gasteiger charge is -2.35. The Morgan fingerprint density at radius 2 is 2.12 bits per heavy atom. The van der Waals surface area contributed by atoms with E-state index in [0.717, 1.165) is 18.8 Å². The Balaban J connectivity index is 2.00. The molecule has 1 aliphatic heterocycles. The lowest BCUT2D eigenvalue weighted by molar-refractivity contribution is 0.150. The van der Waals surface area contributed by atoms with Crippen molar-refractivity contribution in [3.63, 3.8) is 0 Å². The van der Waals surface area contributed by atoms with Gasteiger partial charge in [-0.1, -0.05) is 0 Å². The van der Waals surface area contributed by atoms with Crippen LogP contribution in [0.3, 0.4) is 0 Å². The van der Waals surface area contributed by atoms with Crippen LogP contribution >= 0.6 is 0 Å². The van der Waals surface area contributed by atoms with Crippen molar-refractivity contribution < 1.29 is 0 Å². The van der Waals surface area contributed by atoms with Crippen LogP contribution in [0.15, 0.2) is 18.6 Å². The highest BCUT2D eigenvalue weighted by Gasteiger charge is 2.23. The molecule has 2 rings (SSSR count). The Morgan fingerprint density at radius 3 is 2.75 bits per heavy atom. The number of piperidine rings is 1. The van der Waals surface area contributed by atoms with Gasteiger partial charge >= 0.3 is 0 Å². The highest BCUT2D eigenvalue weighted by molar-refractivity contribution is 5.01. The molecule has 0 saturated carbocycles. The lowest BCUT2D eigenvalue weighted by Crippen LogP contribution is -2.42. The van der Waals surface area contributed by atoms with Crippen molar-refractivity contribution >= 4 is 0 Å². The minimum absolute atomic E-state index is 0.344. The van der Waals surface area contributed by atoms with Gasteiger partial charge in [0.2, 0.25) is 0 Å². The standard InChI is InChI=1S/C12H20N4/c1-10(12-9-14-7-8-15-12)16(2)11-3-5-13-6-4-11/h7-11,13H,3-6H2,1-2H3. The maximum Gasteiger partial charge on any atom is 0.0755 e. The Morgan fingerprint density at radius 1 is 1.38 bits per heavy atom. The van der Waals surface area contributed by atoms with Gasteiger partial charge in [0.05, 0.1) is 11.7 Å². The van der Waals surface area contributed by atoms with E-state index in [1.807, 2.05) is 6.20 Å². The molecule has 1 N–H and O–H groups in total. The second-order valence-corrected chi connectivity index (χ2v) is 4.45. The first-order chi connectivity index (χ1) is 7.79. The Kier molecular flexibility index (Phi) is 3.85. The summed E-state index contributed by atoms with van der Waals surface area (Å²) in [5, 5.41) is 3.39. The second-order valence-electron chi connectivity index (χ2n) is 4.45. The van der Waals surface area contributed by atoms with Crippen molar-refractivity contribution in [2.24, 2.45) is 0 Å². The summed E-state index contributed by atoms with van der Waals surface area (Å²) in [4.78, 5) is 10.9. The van der Waals surface area contributed by atoms with Gasteiger partial charge in [0.15, 0.2) is 0 Å². The molecule has 0 aromatic carbocycles. The van der Waals surface area contributed by atoms with E-state index >= 15 is 0 Å². The average molecular weight is 220 g/mol. The van der Waals surface area contributed by atoms with Crippen molar-refractivity contribution in [3.8, 4) is 0 Å². The molecule has 1 saturated heterocycles. The van der Waals surface area contributed by atoms with E-state index in [-0.39, 0.29) is 0 Å². The average Bonchev–Trinajstić information content (AvgIpc) is 2.39. The third-order valence-corrected chi connectivity index (χ3v) is 3.51. The first-order valence-electron chi connectivity index (χ1n) is 5.97. The van der Waals surface area contributed by atoms with Crippen LogP contribution in [0.2, 0.25) is 0 Å². The molecule has 0 bridgehead atoms. The summed E-state index contributed by atoms with van der Waals surface area (Å²) < 4.78 is 0. The van der Waals surface area contributed by atoms with Crippen molar-refractivity contribution in [1.82, 2.24) is 20.2 Å². The topological polar surface area (TPSA) is 41.1 Å². The molecule has 1 aromatic heterocycles. The van der Waals surface area contributed by atoms with Gasteiger partial charge in [-0.2, -0.15) is 0 Å². The fraction of sp³-hybridized carbons (Fsp3) is 0.667. The zero-order valence-corrected chi connectivity index (χ0v) is 10.1. The zero-order valence-electron chi connectivity index (χ0n) is 10.1. The fourth-order valence-corrected chi connectivity index (χ4v) is 2.27. The molecule has 0 radical (unpaired) electrons. The SMILES string of the molecule is CC(c1cnccn1)N(C)C1CCNCC1. The predicted octanol–water partition coefficient (Wildman–Crippen LogP) is 1.22. The minimum Gasteiger partial charge on any atom is -0.317 e. The molecule has 16 heavy (non-hydrogen) atoms. The van der Waals surface area contributed by atoms with Crippen molar-refractivity contribution in [1.29, 1.82) is 0 Å². The molecule has 1 atom stereocenters. The molecule has 1 aliphatic rings. The summed E-state index contributed by atoms with van der Waals surface area (Å²) in [6.07, 6.45) is 7.80. The molecule has 0 amide bonds. The van der Waals surface area contributed by atoms with Crippen LogP contribution in [-0.4, -0.2) is 41.0 Å². The van der Waals surface area contributed by atoms with Crippen LogP contribution in [0.25, 0.3) is 0 Å². The summed E-state index contributed by atoms with van der Waals surface area (Å²) in [7, 11) is 2.19. The summed E-state index contributed by atoms with van der Waals surface area (Å²) in [5.74, 6) is 0. The first-order valence-corrected chi connectivity index (χ1v) is 5.97. The van der Waals surface area contributed by atoms with Gasteiger partial charge in [-0.25, -0.2) is 0 Å². The predicted molar refractivity (Wildman–Crippen MR) is 64.1 cm³/mol. The van der Waals surface area contributed by atoms with Gasteiger partial charge in [0, 0.05) is 24.6 Å². The fourth-order valence-electron chi connectivity index (χ4n) is 2.27. The van der Waals surface area contributed by atoms with E-state index in [0.29, 0.717) is 12.1 Å². The normalized spacial score (nSPS) is 19.9. The van der Waals surface area contributed by atoms with Crippen LogP contribution in [0.5, 0.6) is 0 Å². The molecule has 88 valence electrons. The van der Waals surface area contributed by atoms with Crippen LogP contribution < -0.4 is 5.32 Å². The summed E-state index contributed by atoms with van der Waals surface area (Å²) in [6.45, 7) is 4.45. The third-order valence-electron chi connectivity index (χ3n) is 3.51. The van der Waals surface area contributed by atoms with E-state index in [4.69, 9.17) is 0 Å². The van der Waals surface area contributed by atoms with Gasteiger partial charge < -0.3 is 5.32 Å². The number of aromatic nitrogens is 2. The first kappa shape index (κ1) is 11.5. The molecule has 0 spiro atoms. The molecule has 1 fully saturated rings. The molecule has 4 nitrogen and oxygen atoms in total. The van der Waals surface area contributed by atoms with Crippen molar-refractivity contribution in [2.75, 3.05) is 20.1 Å². The summed E-state index contributed by atoms with van der Waals surface area (Å²) in [5.41, 5.74) is 1.06. The molecule has 4 heteroatoms. The zero-order chi connectivity index (χ0) is 11.4. The number of nitrogens with one attached hydrogen (secondary N) is 1. The van der Waals surface area contributed by atoms with Crippen molar-refractivity contribution in [3.05, 3.63) is 24.3 Å². The van der Waals surface area contributed by atoms with Gasteiger partial charge in [-0.3, -0.25) is 14.9 Å². The molecular weight excluding hydrogens is 200 g/mol. The monoisotopic (exact) mass is 220 g/mol. The Bertz CT molecular complexity index is 308. The summed E-state index contributed by atoms with van der Waals surface area (Å²) in [6, 6.07) is 1.01. The number of nitrogens with zero attached hydrogens (tertiary/aromatic N) is 3. The third kappa shape index (κ3) is 2.57. The van der Waals surface area contributed by atoms with E-state index in [2.05, 4.69) is 34.2 Å². The van der Waals surface area contributed by atoms with E-state index < -0.39 is 0 Å². The smallest absolute Gasteiger partial charge is 0.0755 e. The van der Waals surface area contributed by atoms with Gasteiger partial charge in [-0.05, 0) is 39.9 Å². The largest absolute Gasteiger partial charge is 0.317 e. The molecule has 1 unspecified atom stereocenters. The van der Waals surface area contributed by atoms with Gasteiger partial charge in [-0.15, -0.1) is 0 Å². The lowest BCUT2D eigenvalue weighted by atomic mass is 10.0. The number of rotatable bonds is 3. The van der Waals surface area contributed by atoms with E-state index in [1.165, 1.54) is 12.8 Å². The Labute approximate surface area is 97.1 Å². The van der Waals surface area contributed by atoms with E-state index in [1.54, 1.807) is 12.4 Å². The molecule has 1 aromatic rings. The molecule has 2 heterocycles. The molecular formula is C12H20N4. The maximum atomic E-state index is 4.37. The van der Waals surface area contributed by atoms with Gasteiger partial charge in [0.1, 0.15) is 0 Å². The van der Waals surface area contributed by atoms with Crippen LogP contribution in [0, 0.1) is 0 Å². The van der Waals surface area contributed by atoms with Crippen LogP contribution in [-0.2, 0) is 0 Å². The molecule has 0 aliphatic carbocycles. The Hall–Kier alpha value is -1.00. The van der Waals surface area contributed by atoms with Crippen LogP contribution in [0.1, 0.15) is 31.5 Å². The number of hydrogen-bond donors (Lipinski definition) is 1. The highest BCUT2D eigenvalue weighted by Crippen LogP contribution is 2.21. The van der Waals surface area contributed by atoms with Crippen LogP contribution in [0.4, 0.5) is 0 Å². The number of hydrogen-bond acceptors (Lipinski definition) is 4. The van der Waals surface area contributed by atoms with Gasteiger partial charge in [0.25, 0.3) is 0 Å². The van der Waals surface area contributed by atoms with E-state index in [9.17, 15) is 0 Å². The summed E-state index contributed by atoms with van der Waals surface area (Å²) >= 11 is 0. The highest BCUT2D eigenvalue weighted by atomic mass is 15.2. The maximum absolute atomic E-state index is 4.37. The quantitative estimate of drug-likeness (QED) is 0.831.